The van der Waals surface area contributed by atoms with Crippen LogP contribution in [0, 0.1) is 17.2 Å². The number of hydrogen-bond acceptors (Lipinski definition) is 2. The molecule has 1 fully saturated rings. The standard InChI is InChI=1S/C12H20Cl2N2/c1-3-11(6-7-15)16-9(2)4-5-10-8-12(10,13)14/h9-11,16H,3-6,8H2,1-2H3. The Morgan fingerprint density at radius 3 is 2.62 bits per heavy atom. The Bertz CT molecular complexity index is 260. The molecule has 0 aromatic rings. The van der Waals surface area contributed by atoms with E-state index in [1.807, 2.05) is 0 Å². The summed E-state index contributed by atoms with van der Waals surface area (Å²) >= 11 is 12.0. The average Bonchev–Trinajstić information content (AvgIpc) is 2.83. The number of nitrogens with one attached hydrogen (secondary N) is 1. The van der Waals surface area contributed by atoms with E-state index in [4.69, 9.17) is 28.5 Å². The van der Waals surface area contributed by atoms with Gasteiger partial charge >= 0.3 is 0 Å². The molecule has 0 aromatic heterocycles. The SMILES string of the molecule is CCC(CC#N)NC(C)CCC1CC1(Cl)Cl. The lowest BCUT2D eigenvalue weighted by Gasteiger charge is -2.20. The fraction of sp³-hybridized carbons (Fsp3) is 0.917. The smallest absolute Gasteiger partial charge is 0.121 e. The van der Waals surface area contributed by atoms with Gasteiger partial charge in [0, 0.05) is 12.1 Å². The fourth-order valence-corrected chi connectivity index (χ4v) is 2.54. The van der Waals surface area contributed by atoms with E-state index >= 15 is 0 Å². The first-order valence-electron chi connectivity index (χ1n) is 6.00. The van der Waals surface area contributed by atoms with Crippen molar-refractivity contribution >= 4 is 23.2 Å². The summed E-state index contributed by atoms with van der Waals surface area (Å²) in [7, 11) is 0. The molecule has 0 bridgehead atoms. The van der Waals surface area contributed by atoms with E-state index in [0.717, 1.165) is 25.7 Å². The van der Waals surface area contributed by atoms with Gasteiger partial charge in [-0.2, -0.15) is 5.26 Å². The molecule has 0 saturated heterocycles. The van der Waals surface area contributed by atoms with Gasteiger partial charge in [-0.1, -0.05) is 6.92 Å². The minimum absolute atomic E-state index is 0.316. The number of hydrogen-bond donors (Lipinski definition) is 1. The van der Waals surface area contributed by atoms with Gasteiger partial charge in [-0.25, -0.2) is 0 Å². The van der Waals surface area contributed by atoms with Gasteiger partial charge < -0.3 is 5.32 Å². The third-order valence-electron chi connectivity index (χ3n) is 3.25. The maximum Gasteiger partial charge on any atom is 0.121 e. The molecule has 0 radical (unpaired) electrons. The zero-order valence-electron chi connectivity index (χ0n) is 9.97. The van der Waals surface area contributed by atoms with Crippen LogP contribution < -0.4 is 5.32 Å². The summed E-state index contributed by atoms with van der Waals surface area (Å²) in [6.07, 6.45) is 4.66. The predicted octanol–water partition coefficient (Wildman–Crippen LogP) is 3.63. The molecule has 0 spiro atoms. The van der Waals surface area contributed by atoms with Crippen LogP contribution in [0.1, 0.15) is 46.0 Å². The molecule has 0 aromatic carbocycles. The zero-order chi connectivity index (χ0) is 12.2. The van der Waals surface area contributed by atoms with E-state index in [1.54, 1.807) is 0 Å². The average molecular weight is 263 g/mol. The second-order valence-corrected chi connectivity index (χ2v) is 6.32. The van der Waals surface area contributed by atoms with Gasteiger partial charge in [0.25, 0.3) is 0 Å². The third-order valence-corrected chi connectivity index (χ3v) is 4.18. The van der Waals surface area contributed by atoms with Crippen molar-refractivity contribution in [2.45, 2.75) is 62.4 Å². The molecule has 4 heteroatoms. The van der Waals surface area contributed by atoms with Crippen LogP contribution in [0.5, 0.6) is 0 Å². The molecule has 0 amide bonds. The summed E-state index contributed by atoms with van der Waals surface area (Å²) in [6.45, 7) is 4.26. The quantitative estimate of drug-likeness (QED) is 0.712. The second-order valence-electron chi connectivity index (χ2n) is 4.77. The molecule has 0 heterocycles. The minimum atomic E-state index is -0.448. The van der Waals surface area contributed by atoms with Crippen LogP contribution in [0.4, 0.5) is 0 Å². The molecule has 1 saturated carbocycles. The molecule has 1 aliphatic rings. The van der Waals surface area contributed by atoms with Crippen molar-refractivity contribution in [1.29, 1.82) is 5.26 Å². The molecule has 1 aliphatic carbocycles. The van der Waals surface area contributed by atoms with E-state index < -0.39 is 4.33 Å². The van der Waals surface area contributed by atoms with Crippen LogP contribution in [-0.2, 0) is 0 Å². The molecule has 16 heavy (non-hydrogen) atoms. The van der Waals surface area contributed by atoms with Gasteiger partial charge in [0.2, 0.25) is 0 Å². The van der Waals surface area contributed by atoms with E-state index in [0.29, 0.717) is 24.4 Å². The van der Waals surface area contributed by atoms with Gasteiger partial charge in [-0.3, -0.25) is 0 Å². The molecule has 1 rings (SSSR count). The maximum absolute atomic E-state index is 8.65. The lowest BCUT2D eigenvalue weighted by Crippen LogP contribution is -2.36. The van der Waals surface area contributed by atoms with Crippen LogP contribution in [-0.4, -0.2) is 16.4 Å². The highest BCUT2D eigenvalue weighted by molar-refractivity contribution is 6.50. The summed E-state index contributed by atoms with van der Waals surface area (Å²) in [6, 6.07) is 2.96. The van der Waals surface area contributed by atoms with Gasteiger partial charge in [0.15, 0.2) is 0 Å². The number of rotatable bonds is 7. The van der Waals surface area contributed by atoms with Crippen molar-refractivity contribution in [1.82, 2.24) is 5.32 Å². The number of nitrogens with zero attached hydrogens (tertiary/aromatic N) is 1. The normalized spacial score (nSPS) is 25.8. The van der Waals surface area contributed by atoms with Crippen molar-refractivity contribution in [2.75, 3.05) is 0 Å². The first kappa shape index (κ1) is 14.1. The third kappa shape index (κ3) is 4.49. The van der Waals surface area contributed by atoms with Gasteiger partial charge in [0.05, 0.1) is 12.5 Å². The Hall–Kier alpha value is 0.0300. The van der Waals surface area contributed by atoms with Crippen LogP contribution in [0.25, 0.3) is 0 Å². The summed E-state index contributed by atoms with van der Waals surface area (Å²) in [5.41, 5.74) is 0. The van der Waals surface area contributed by atoms with Crippen molar-refractivity contribution < 1.29 is 0 Å². The lowest BCUT2D eigenvalue weighted by atomic mass is 10.1. The molecule has 0 aliphatic heterocycles. The minimum Gasteiger partial charge on any atom is -0.310 e. The highest BCUT2D eigenvalue weighted by atomic mass is 35.5. The van der Waals surface area contributed by atoms with Gasteiger partial charge in [0.1, 0.15) is 4.33 Å². The molecule has 92 valence electrons. The summed E-state index contributed by atoms with van der Waals surface area (Å²) in [5, 5.41) is 12.1. The maximum atomic E-state index is 8.65. The molecule has 3 atom stereocenters. The molecule has 3 unspecified atom stereocenters. The van der Waals surface area contributed by atoms with E-state index in [-0.39, 0.29) is 0 Å². The van der Waals surface area contributed by atoms with E-state index in [9.17, 15) is 0 Å². The Kier molecular flexibility index (Phi) is 5.37. The monoisotopic (exact) mass is 262 g/mol. The molecule has 1 N–H and O–H groups in total. The number of halogens is 2. The Morgan fingerprint density at radius 2 is 2.19 bits per heavy atom. The Balaban J connectivity index is 2.15. The van der Waals surface area contributed by atoms with Crippen molar-refractivity contribution in [3.05, 3.63) is 0 Å². The zero-order valence-corrected chi connectivity index (χ0v) is 11.5. The fourth-order valence-electron chi connectivity index (χ4n) is 1.95. The van der Waals surface area contributed by atoms with Gasteiger partial charge in [-0.05, 0) is 38.5 Å². The highest BCUT2D eigenvalue weighted by Crippen LogP contribution is 2.55. The molecule has 2 nitrogen and oxygen atoms in total. The van der Waals surface area contributed by atoms with Crippen molar-refractivity contribution in [3.8, 4) is 6.07 Å². The molecular weight excluding hydrogens is 243 g/mol. The summed E-state index contributed by atoms with van der Waals surface area (Å²) in [5.74, 6) is 0.469. The van der Waals surface area contributed by atoms with Crippen molar-refractivity contribution in [3.63, 3.8) is 0 Å². The van der Waals surface area contributed by atoms with Crippen molar-refractivity contribution in [2.24, 2.45) is 5.92 Å². The van der Waals surface area contributed by atoms with E-state index in [2.05, 4.69) is 25.2 Å². The Morgan fingerprint density at radius 1 is 1.56 bits per heavy atom. The van der Waals surface area contributed by atoms with Crippen LogP contribution >= 0.6 is 23.2 Å². The lowest BCUT2D eigenvalue weighted by molar-refractivity contribution is 0.407. The predicted molar refractivity (Wildman–Crippen MR) is 68.7 cm³/mol. The number of nitriles is 1. The largest absolute Gasteiger partial charge is 0.310 e. The Labute approximate surface area is 108 Å². The highest BCUT2D eigenvalue weighted by Gasteiger charge is 2.50. The summed E-state index contributed by atoms with van der Waals surface area (Å²) in [4.78, 5) is 0. The van der Waals surface area contributed by atoms with Crippen LogP contribution in [0.15, 0.2) is 0 Å². The first-order chi connectivity index (χ1) is 7.49. The van der Waals surface area contributed by atoms with Gasteiger partial charge in [-0.15, -0.1) is 23.2 Å². The van der Waals surface area contributed by atoms with Crippen LogP contribution in [0.2, 0.25) is 0 Å². The van der Waals surface area contributed by atoms with Crippen LogP contribution in [0.3, 0.4) is 0 Å². The topological polar surface area (TPSA) is 35.8 Å². The molecular formula is C12H20Cl2N2. The summed E-state index contributed by atoms with van der Waals surface area (Å²) < 4.78 is -0.448. The first-order valence-corrected chi connectivity index (χ1v) is 6.76. The number of alkyl halides is 2. The second kappa shape index (κ2) is 6.10. The van der Waals surface area contributed by atoms with E-state index in [1.165, 1.54) is 0 Å².